The van der Waals surface area contributed by atoms with Gasteiger partial charge in [-0.2, -0.15) is 13.2 Å². The Kier molecular flexibility index (Phi) is 7.05. The molecular formula is C32H35BF3N3O2. The highest BCUT2D eigenvalue weighted by atomic mass is 19.4. The van der Waals surface area contributed by atoms with E-state index >= 15 is 0 Å². The molecule has 1 N–H and O–H groups in total. The van der Waals surface area contributed by atoms with Crippen molar-refractivity contribution in [1.29, 1.82) is 0 Å². The van der Waals surface area contributed by atoms with Crippen LogP contribution in [0.1, 0.15) is 56.0 Å². The van der Waals surface area contributed by atoms with Crippen LogP contribution < -0.4 is 10.9 Å². The van der Waals surface area contributed by atoms with Crippen molar-refractivity contribution in [2.45, 2.75) is 57.2 Å². The minimum atomic E-state index is -4.47. The van der Waals surface area contributed by atoms with Gasteiger partial charge in [0, 0.05) is 19.6 Å². The Bertz CT molecular complexity index is 1370. The first-order chi connectivity index (χ1) is 19.4. The largest absolute Gasteiger partial charge is 0.495 e. The molecule has 2 fully saturated rings. The SMILES string of the molecule is CC1(C)OB(c2ccc(C(F)(F)F)cc2C2=CCNN2C2CN(C(c3ccccc3)c3ccccc3)C2)OC1(C)C. The summed E-state index contributed by atoms with van der Waals surface area (Å²) in [5.74, 6) is 0. The van der Waals surface area contributed by atoms with Crippen LogP contribution in [0.5, 0.6) is 0 Å². The molecule has 3 heterocycles. The first kappa shape index (κ1) is 28.0. The second-order valence-electron chi connectivity index (χ2n) is 12.0. The Balaban J connectivity index is 1.29. The fourth-order valence-electron chi connectivity index (χ4n) is 5.87. The normalized spacial score (nSPS) is 20.9. The number of halogens is 3. The molecule has 0 aromatic heterocycles. The summed E-state index contributed by atoms with van der Waals surface area (Å²) in [7, 11) is -0.779. The van der Waals surface area contributed by atoms with Crippen LogP contribution in [0.4, 0.5) is 13.2 Å². The molecule has 3 aliphatic rings. The van der Waals surface area contributed by atoms with E-state index in [4.69, 9.17) is 9.31 Å². The number of alkyl halides is 3. The third-order valence-corrected chi connectivity index (χ3v) is 8.83. The third kappa shape index (κ3) is 5.21. The summed E-state index contributed by atoms with van der Waals surface area (Å²) in [4.78, 5) is 2.41. The van der Waals surface area contributed by atoms with E-state index in [1.165, 1.54) is 23.3 Å². The standard InChI is InChI=1S/C32H35BF3N3O2/c1-30(2)31(3,4)41-33(40-30)27-16-15-24(32(34,35)36)19-26(27)28-17-18-37-39(28)25-20-38(21-25)29(22-11-7-5-8-12-22)23-13-9-6-10-14-23/h5-17,19,25,29,37H,18,20-21H2,1-4H3. The van der Waals surface area contributed by atoms with E-state index in [0.29, 0.717) is 17.6 Å². The lowest BCUT2D eigenvalue weighted by atomic mass is 9.74. The van der Waals surface area contributed by atoms with E-state index in [0.717, 1.165) is 24.9 Å². The van der Waals surface area contributed by atoms with Crippen molar-refractivity contribution in [1.82, 2.24) is 15.3 Å². The Morgan fingerprint density at radius 1 is 0.854 bits per heavy atom. The second-order valence-corrected chi connectivity index (χ2v) is 12.0. The fraction of sp³-hybridized carbons (Fsp3) is 0.375. The molecule has 41 heavy (non-hydrogen) atoms. The average Bonchev–Trinajstić information content (AvgIpc) is 3.47. The van der Waals surface area contributed by atoms with Crippen molar-refractivity contribution in [2.24, 2.45) is 0 Å². The van der Waals surface area contributed by atoms with E-state index in [9.17, 15) is 13.2 Å². The van der Waals surface area contributed by atoms with Crippen molar-refractivity contribution in [3.05, 3.63) is 107 Å². The maximum Gasteiger partial charge on any atom is 0.495 e. The first-order valence-corrected chi connectivity index (χ1v) is 14.1. The number of nitrogens with one attached hydrogen (secondary N) is 1. The predicted molar refractivity (Wildman–Crippen MR) is 155 cm³/mol. The molecule has 3 aromatic carbocycles. The van der Waals surface area contributed by atoms with E-state index in [-0.39, 0.29) is 12.1 Å². The molecule has 0 saturated carbocycles. The van der Waals surface area contributed by atoms with Crippen molar-refractivity contribution in [3.8, 4) is 0 Å². The van der Waals surface area contributed by atoms with Crippen LogP contribution in [0.25, 0.3) is 5.70 Å². The van der Waals surface area contributed by atoms with Crippen LogP contribution in [0.3, 0.4) is 0 Å². The molecular weight excluding hydrogens is 526 g/mol. The molecule has 3 aliphatic heterocycles. The molecule has 0 atom stereocenters. The molecule has 0 radical (unpaired) electrons. The number of rotatable bonds is 6. The highest BCUT2D eigenvalue weighted by molar-refractivity contribution is 6.63. The Morgan fingerprint density at radius 3 is 1.95 bits per heavy atom. The van der Waals surface area contributed by atoms with Gasteiger partial charge in [-0.3, -0.25) is 4.90 Å². The van der Waals surface area contributed by atoms with Crippen LogP contribution in [0.15, 0.2) is 84.9 Å². The molecule has 5 nitrogen and oxygen atoms in total. The van der Waals surface area contributed by atoms with Crippen molar-refractivity contribution < 1.29 is 22.5 Å². The van der Waals surface area contributed by atoms with Gasteiger partial charge in [0.25, 0.3) is 0 Å². The van der Waals surface area contributed by atoms with Gasteiger partial charge in [0.15, 0.2) is 0 Å². The second kappa shape index (κ2) is 10.3. The predicted octanol–water partition coefficient (Wildman–Crippen LogP) is 5.64. The van der Waals surface area contributed by atoms with Crippen LogP contribution in [0, 0.1) is 0 Å². The minimum Gasteiger partial charge on any atom is -0.399 e. The third-order valence-electron chi connectivity index (χ3n) is 8.83. The summed E-state index contributed by atoms with van der Waals surface area (Å²) < 4.78 is 54.2. The molecule has 214 valence electrons. The zero-order valence-electron chi connectivity index (χ0n) is 23.8. The van der Waals surface area contributed by atoms with Crippen molar-refractivity contribution in [3.63, 3.8) is 0 Å². The minimum absolute atomic E-state index is 0.0827. The maximum absolute atomic E-state index is 13.9. The Hall–Kier alpha value is -3.11. The summed E-state index contributed by atoms with van der Waals surface area (Å²) >= 11 is 0. The lowest BCUT2D eigenvalue weighted by Crippen LogP contribution is -2.61. The lowest BCUT2D eigenvalue weighted by Gasteiger charge is -2.49. The summed E-state index contributed by atoms with van der Waals surface area (Å²) in [6.07, 6.45) is -2.51. The first-order valence-electron chi connectivity index (χ1n) is 14.1. The average molecular weight is 561 g/mol. The number of nitrogens with zero attached hydrogens (tertiary/aromatic N) is 2. The number of likely N-dealkylation sites (tertiary alicyclic amines) is 1. The van der Waals surface area contributed by atoms with Gasteiger partial charge in [0.2, 0.25) is 0 Å². The molecule has 0 aliphatic carbocycles. The zero-order chi connectivity index (χ0) is 29.0. The quantitative estimate of drug-likeness (QED) is 0.395. The lowest BCUT2D eigenvalue weighted by molar-refractivity contribution is -0.137. The van der Waals surface area contributed by atoms with Crippen LogP contribution in [-0.4, -0.2) is 53.9 Å². The van der Waals surface area contributed by atoms with Crippen molar-refractivity contribution in [2.75, 3.05) is 19.6 Å². The van der Waals surface area contributed by atoms with Gasteiger partial charge in [-0.1, -0.05) is 72.8 Å². The molecule has 0 spiro atoms. The molecule has 0 amide bonds. The van der Waals surface area contributed by atoms with Gasteiger partial charge >= 0.3 is 13.3 Å². The number of hydrazine groups is 1. The smallest absolute Gasteiger partial charge is 0.399 e. The molecule has 0 unspecified atom stereocenters. The molecule has 2 saturated heterocycles. The number of hydrogen-bond donors (Lipinski definition) is 1. The van der Waals surface area contributed by atoms with E-state index in [2.05, 4.69) is 58.9 Å². The van der Waals surface area contributed by atoms with Gasteiger partial charge in [-0.25, -0.2) is 5.43 Å². The van der Waals surface area contributed by atoms with Crippen LogP contribution >= 0.6 is 0 Å². The molecule has 0 bridgehead atoms. The van der Waals surface area contributed by atoms with Gasteiger partial charge in [0.05, 0.1) is 34.5 Å². The van der Waals surface area contributed by atoms with Crippen molar-refractivity contribution >= 4 is 18.3 Å². The van der Waals surface area contributed by atoms with Gasteiger partial charge in [-0.15, -0.1) is 0 Å². The summed E-state index contributed by atoms with van der Waals surface area (Å²) in [5.41, 5.74) is 5.71. The van der Waals surface area contributed by atoms with E-state index in [1.807, 2.05) is 50.9 Å². The summed E-state index contributed by atoms with van der Waals surface area (Å²) in [6, 6.07) is 24.8. The summed E-state index contributed by atoms with van der Waals surface area (Å²) in [5, 5.41) is 2.04. The number of hydrogen-bond acceptors (Lipinski definition) is 5. The van der Waals surface area contributed by atoms with Gasteiger partial charge in [-0.05, 0) is 62.0 Å². The molecule has 6 rings (SSSR count). The van der Waals surface area contributed by atoms with Crippen LogP contribution in [0.2, 0.25) is 0 Å². The van der Waals surface area contributed by atoms with E-state index < -0.39 is 30.1 Å². The van der Waals surface area contributed by atoms with Gasteiger partial charge in [0.1, 0.15) is 0 Å². The highest BCUT2D eigenvalue weighted by Crippen LogP contribution is 2.40. The topological polar surface area (TPSA) is 37.0 Å². The summed E-state index contributed by atoms with van der Waals surface area (Å²) in [6.45, 7) is 9.81. The monoisotopic (exact) mass is 561 g/mol. The number of benzene rings is 3. The maximum atomic E-state index is 13.9. The Morgan fingerprint density at radius 2 is 1.41 bits per heavy atom. The van der Waals surface area contributed by atoms with E-state index in [1.54, 1.807) is 0 Å². The molecule has 3 aromatic rings. The zero-order valence-corrected chi connectivity index (χ0v) is 23.8. The highest BCUT2D eigenvalue weighted by Gasteiger charge is 2.53. The molecule has 9 heteroatoms. The Labute approximate surface area is 240 Å². The van der Waals surface area contributed by atoms with Crippen LogP contribution in [-0.2, 0) is 15.5 Å². The van der Waals surface area contributed by atoms with Gasteiger partial charge < -0.3 is 14.3 Å². The fourth-order valence-corrected chi connectivity index (χ4v) is 5.87.